The number of hydrogen-bond acceptors (Lipinski definition) is 5. The Morgan fingerprint density at radius 1 is 1.12 bits per heavy atom. The number of imidazole rings is 1. The molecule has 26 heavy (non-hydrogen) atoms. The number of amides is 1. The third-order valence-electron chi connectivity index (χ3n) is 4.04. The highest BCUT2D eigenvalue weighted by atomic mass is 16.2. The Labute approximate surface area is 147 Å². The van der Waals surface area contributed by atoms with Gasteiger partial charge in [-0.05, 0) is 34.2 Å². The number of aromatic amines is 2. The Morgan fingerprint density at radius 3 is 2.69 bits per heavy atom. The van der Waals surface area contributed by atoms with Crippen LogP contribution in [0.15, 0.2) is 59.7 Å². The first-order valence-electron chi connectivity index (χ1n) is 7.98. The second kappa shape index (κ2) is 6.63. The van der Waals surface area contributed by atoms with Crippen LogP contribution in [0.4, 0.5) is 5.69 Å². The van der Waals surface area contributed by atoms with Crippen LogP contribution in [-0.2, 0) is 11.2 Å². The van der Waals surface area contributed by atoms with Gasteiger partial charge in [0.15, 0.2) is 0 Å². The van der Waals surface area contributed by atoms with E-state index in [1.54, 1.807) is 18.2 Å². The highest BCUT2D eigenvalue weighted by Gasteiger charge is 2.22. The van der Waals surface area contributed by atoms with Gasteiger partial charge < -0.3 is 15.3 Å². The number of anilines is 1. The molecule has 1 atom stereocenters. The molecule has 0 fully saturated rings. The molecule has 130 valence electrons. The van der Waals surface area contributed by atoms with Crippen molar-refractivity contribution in [1.82, 2.24) is 30.2 Å². The summed E-state index contributed by atoms with van der Waals surface area (Å²) >= 11 is 0. The topological polar surface area (TPSA) is 121 Å². The standard InChI is InChI=1S/C17H15N7O2/c25-16(19-12-6-7-13-14(9-12)21-17(26)20-13)15(24-10-18-22-23-24)8-11-4-2-1-3-5-11/h1-7,9-10,15H,8H2,(H,19,25)(H2,20,21,26)/t15-/m0/s1. The number of nitrogens with one attached hydrogen (secondary N) is 3. The van der Waals surface area contributed by atoms with Crippen molar-refractivity contribution in [3.63, 3.8) is 0 Å². The smallest absolute Gasteiger partial charge is 0.323 e. The molecule has 0 spiro atoms. The summed E-state index contributed by atoms with van der Waals surface area (Å²) in [6.45, 7) is 0. The van der Waals surface area contributed by atoms with Gasteiger partial charge in [-0.1, -0.05) is 30.3 Å². The maximum absolute atomic E-state index is 12.8. The first-order chi connectivity index (χ1) is 12.7. The number of carbonyl (C=O) groups is 1. The number of rotatable bonds is 5. The Kier molecular flexibility index (Phi) is 4.02. The van der Waals surface area contributed by atoms with Crippen molar-refractivity contribution in [2.24, 2.45) is 0 Å². The Hall–Kier alpha value is -3.75. The molecule has 0 saturated heterocycles. The lowest BCUT2D eigenvalue weighted by atomic mass is 10.1. The van der Waals surface area contributed by atoms with E-state index in [0.717, 1.165) is 5.56 Å². The fraction of sp³-hybridized carbons (Fsp3) is 0.118. The molecule has 2 heterocycles. The maximum atomic E-state index is 12.8. The first-order valence-corrected chi connectivity index (χ1v) is 7.98. The van der Waals surface area contributed by atoms with Gasteiger partial charge in [-0.25, -0.2) is 9.48 Å². The number of hydrogen-bond donors (Lipinski definition) is 3. The SMILES string of the molecule is O=C(Nc1ccc2[nH]c(=O)[nH]c2c1)[C@H](Cc1ccccc1)n1cnnn1. The summed E-state index contributed by atoms with van der Waals surface area (Å²) in [5.41, 5.74) is 2.57. The number of carbonyl (C=O) groups excluding carboxylic acids is 1. The van der Waals surface area contributed by atoms with Crippen LogP contribution in [0.3, 0.4) is 0 Å². The van der Waals surface area contributed by atoms with E-state index in [1.165, 1.54) is 11.0 Å². The van der Waals surface area contributed by atoms with Gasteiger partial charge >= 0.3 is 5.69 Å². The van der Waals surface area contributed by atoms with Crippen molar-refractivity contribution >= 4 is 22.6 Å². The van der Waals surface area contributed by atoms with Gasteiger partial charge in [-0.15, -0.1) is 5.10 Å². The van der Waals surface area contributed by atoms with Crippen molar-refractivity contribution in [3.8, 4) is 0 Å². The average molecular weight is 349 g/mol. The van der Waals surface area contributed by atoms with Crippen LogP contribution in [0.1, 0.15) is 11.6 Å². The van der Waals surface area contributed by atoms with Gasteiger partial charge in [0, 0.05) is 12.1 Å². The monoisotopic (exact) mass is 349 g/mol. The van der Waals surface area contributed by atoms with E-state index >= 15 is 0 Å². The van der Waals surface area contributed by atoms with Crippen molar-refractivity contribution in [3.05, 3.63) is 70.9 Å². The van der Waals surface area contributed by atoms with Gasteiger partial charge in [0.05, 0.1) is 11.0 Å². The molecule has 3 N–H and O–H groups in total. The van der Waals surface area contributed by atoms with E-state index in [9.17, 15) is 9.59 Å². The summed E-state index contributed by atoms with van der Waals surface area (Å²) in [5.74, 6) is -0.251. The summed E-state index contributed by atoms with van der Waals surface area (Å²) in [5, 5.41) is 14.0. The second-order valence-corrected chi connectivity index (χ2v) is 5.82. The molecule has 4 rings (SSSR count). The van der Waals surface area contributed by atoms with E-state index in [4.69, 9.17) is 0 Å². The van der Waals surface area contributed by atoms with Gasteiger partial charge in [-0.2, -0.15) is 0 Å². The average Bonchev–Trinajstić information content (AvgIpc) is 3.29. The minimum atomic E-state index is -0.603. The second-order valence-electron chi connectivity index (χ2n) is 5.82. The van der Waals surface area contributed by atoms with Crippen LogP contribution < -0.4 is 11.0 Å². The minimum absolute atomic E-state index is 0.251. The Balaban J connectivity index is 1.59. The van der Waals surface area contributed by atoms with Crippen molar-refractivity contribution in [2.45, 2.75) is 12.5 Å². The number of fused-ring (bicyclic) bond motifs is 1. The normalized spacial score (nSPS) is 12.2. The minimum Gasteiger partial charge on any atom is -0.324 e. The zero-order valence-electron chi connectivity index (χ0n) is 13.6. The molecule has 9 heteroatoms. The van der Waals surface area contributed by atoms with Gasteiger partial charge in [0.2, 0.25) is 5.91 Å². The van der Waals surface area contributed by atoms with E-state index in [2.05, 4.69) is 30.8 Å². The van der Waals surface area contributed by atoms with Crippen LogP contribution in [-0.4, -0.2) is 36.1 Å². The molecule has 0 saturated carbocycles. The zero-order chi connectivity index (χ0) is 17.9. The number of tetrazole rings is 1. The lowest BCUT2D eigenvalue weighted by Crippen LogP contribution is -2.28. The highest BCUT2D eigenvalue weighted by Crippen LogP contribution is 2.19. The zero-order valence-corrected chi connectivity index (χ0v) is 13.6. The molecule has 2 aromatic carbocycles. The largest absolute Gasteiger partial charge is 0.324 e. The van der Waals surface area contributed by atoms with Gasteiger partial charge in [-0.3, -0.25) is 4.79 Å². The van der Waals surface area contributed by atoms with E-state index in [0.29, 0.717) is 23.1 Å². The first kappa shape index (κ1) is 15.8. The molecule has 9 nitrogen and oxygen atoms in total. The summed E-state index contributed by atoms with van der Waals surface area (Å²) in [7, 11) is 0. The molecule has 4 aromatic rings. The molecule has 0 radical (unpaired) electrons. The predicted molar refractivity (Wildman–Crippen MR) is 94.5 cm³/mol. The molecular weight excluding hydrogens is 334 g/mol. The number of H-pyrrole nitrogens is 2. The lowest BCUT2D eigenvalue weighted by molar-refractivity contribution is -0.119. The maximum Gasteiger partial charge on any atom is 0.323 e. The number of benzene rings is 2. The van der Waals surface area contributed by atoms with Crippen LogP contribution >= 0.6 is 0 Å². The van der Waals surface area contributed by atoms with Crippen LogP contribution in [0.5, 0.6) is 0 Å². The van der Waals surface area contributed by atoms with E-state index in [-0.39, 0.29) is 11.6 Å². The summed E-state index contributed by atoms with van der Waals surface area (Å²) in [6.07, 6.45) is 1.86. The van der Waals surface area contributed by atoms with E-state index < -0.39 is 6.04 Å². The third kappa shape index (κ3) is 3.22. The fourth-order valence-electron chi connectivity index (χ4n) is 2.79. The summed E-state index contributed by atoms with van der Waals surface area (Å²) in [4.78, 5) is 29.5. The molecule has 0 unspecified atom stereocenters. The molecule has 1 amide bonds. The fourth-order valence-corrected chi connectivity index (χ4v) is 2.79. The van der Waals surface area contributed by atoms with Crippen LogP contribution in [0.25, 0.3) is 11.0 Å². The van der Waals surface area contributed by atoms with Gasteiger partial charge in [0.25, 0.3) is 0 Å². The summed E-state index contributed by atoms with van der Waals surface area (Å²) in [6, 6.07) is 14.2. The summed E-state index contributed by atoms with van der Waals surface area (Å²) < 4.78 is 1.43. The molecule has 0 aliphatic carbocycles. The molecule has 0 aliphatic heterocycles. The Bertz CT molecular complexity index is 1080. The van der Waals surface area contributed by atoms with Crippen molar-refractivity contribution in [2.75, 3.05) is 5.32 Å². The quantitative estimate of drug-likeness (QED) is 0.501. The Morgan fingerprint density at radius 2 is 1.92 bits per heavy atom. The number of nitrogens with zero attached hydrogens (tertiary/aromatic N) is 4. The van der Waals surface area contributed by atoms with Gasteiger partial charge in [0.1, 0.15) is 12.4 Å². The molecule has 0 aliphatic rings. The number of aromatic nitrogens is 6. The van der Waals surface area contributed by atoms with Crippen molar-refractivity contribution in [1.29, 1.82) is 0 Å². The predicted octanol–water partition coefficient (Wildman–Crippen LogP) is 1.27. The third-order valence-corrected chi connectivity index (χ3v) is 4.04. The van der Waals surface area contributed by atoms with Crippen molar-refractivity contribution < 1.29 is 4.79 Å². The molecule has 2 aromatic heterocycles. The highest BCUT2D eigenvalue weighted by molar-refractivity contribution is 5.95. The van der Waals surface area contributed by atoms with Crippen LogP contribution in [0.2, 0.25) is 0 Å². The van der Waals surface area contributed by atoms with Crippen LogP contribution in [0, 0.1) is 0 Å². The molecular formula is C17H15N7O2. The molecule has 0 bridgehead atoms. The lowest BCUT2D eigenvalue weighted by Gasteiger charge is -2.16. The van der Waals surface area contributed by atoms with E-state index in [1.807, 2.05) is 30.3 Å².